The van der Waals surface area contributed by atoms with Gasteiger partial charge in [-0.2, -0.15) is 0 Å². The van der Waals surface area contributed by atoms with Crippen LogP contribution in [-0.4, -0.2) is 75.4 Å². The van der Waals surface area contributed by atoms with Crippen molar-refractivity contribution >= 4 is 21.8 Å². The average Bonchev–Trinajstić information content (AvgIpc) is 3.00. The molecule has 2 heterocycles. The minimum Gasteiger partial charge on any atom is -0.383 e. The van der Waals surface area contributed by atoms with E-state index in [4.69, 9.17) is 4.74 Å². The molecule has 3 rings (SSSR count). The number of likely N-dealkylation sites (N-methyl/N-ethyl adjacent to an activating group) is 1. The van der Waals surface area contributed by atoms with Gasteiger partial charge in [0.15, 0.2) is 0 Å². The van der Waals surface area contributed by atoms with Gasteiger partial charge in [0.05, 0.1) is 17.8 Å². The number of benzene rings is 1. The number of methoxy groups -OCH3 is 1. The fourth-order valence-electron chi connectivity index (χ4n) is 4.49. The van der Waals surface area contributed by atoms with Crippen LogP contribution in [0.25, 0.3) is 0 Å². The molecule has 1 atom stereocenters. The second-order valence-electron chi connectivity index (χ2n) is 8.02. The number of carbonyl (C=O) groups excluding carboxylic acids is 2. The Bertz CT molecular complexity index is 851. The molecular weight excluding hydrogens is 406 g/mol. The number of sulfonamides is 1. The van der Waals surface area contributed by atoms with Crippen LogP contribution in [0.5, 0.6) is 0 Å². The number of nitrogens with zero attached hydrogens (tertiary/aromatic N) is 2. The Morgan fingerprint density at radius 2 is 1.90 bits per heavy atom. The molecule has 1 spiro atoms. The van der Waals surface area contributed by atoms with Gasteiger partial charge >= 0.3 is 0 Å². The number of likely N-dealkylation sites (tertiary alicyclic amines) is 1. The van der Waals surface area contributed by atoms with E-state index in [1.165, 1.54) is 4.31 Å². The standard InChI is InChI=1S/C21H31N3O5S/c1-3-24-18(19(25)22-11-14-29-2)15-21(20(24)26)9-12-23(13-10-21)30(27,28)16-17-7-5-4-6-8-17/h4-8,18H,3,9-16H2,1-2H3,(H,22,25). The highest BCUT2D eigenvalue weighted by atomic mass is 32.2. The zero-order valence-electron chi connectivity index (χ0n) is 17.7. The molecule has 0 aromatic heterocycles. The van der Waals surface area contributed by atoms with E-state index in [-0.39, 0.29) is 17.6 Å². The predicted molar refractivity (Wildman–Crippen MR) is 113 cm³/mol. The molecule has 166 valence electrons. The van der Waals surface area contributed by atoms with Crippen molar-refractivity contribution in [3.05, 3.63) is 35.9 Å². The highest BCUT2D eigenvalue weighted by Gasteiger charge is 2.54. The topological polar surface area (TPSA) is 96.0 Å². The van der Waals surface area contributed by atoms with E-state index < -0.39 is 21.5 Å². The molecule has 0 radical (unpaired) electrons. The molecule has 0 bridgehead atoms. The van der Waals surface area contributed by atoms with Crippen LogP contribution < -0.4 is 5.32 Å². The normalized spacial score (nSPS) is 21.9. The summed E-state index contributed by atoms with van der Waals surface area (Å²) in [7, 11) is -1.88. The van der Waals surface area contributed by atoms with Gasteiger partial charge < -0.3 is 15.0 Å². The maximum atomic E-state index is 13.2. The lowest BCUT2D eigenvalue weighted by Gasteiger charge is -2.37. The van der Waals surface area contributed by atoms with E-state index in [1.54, 1.807) is 24.1 Å². The summed E-state index contributed by atoms with van der Waals surface area (Å²) in [5, 5.41) is 2.83. The van der Waals surface area contributed by atoms with Crippen molar-refractivity contribution in [1.29, 1.82) is 0 Å². The predicted octanol–water partition coefficient (Wildman–Crippen LogP) is 0.982. The van der Waals surface area contributed by atoms with E-state index in [2.05, 4.69) is 5.32 Å². The second kappa shape index (κ2) is 9.45. The van der Waals surface area contributed by atoms with Gasteiger partial charge in [-0.15, -0.1) is 0 Å². The molecule has 0 aliphatic carbocycles. The third-order valence-electron chi connectivity index (χ3n) is 6.19. The largest absolute Gasteiger partial charge is 0.383 e. The molecule has 1 unspecified atom stereocenters. The SMILES string of the molecule is CCN1C(=O)C2(CCN(S(=O)(=O)Cc3ccccc3)CC2)CC1C(=O)NCCOC. The lowest BCUT2D eigenvalue weighted by atomic mass is 9.76. The van der Waals surface area contributed by atoms with Crippen LogP contribution in [0.15, 0.2) is 30.3 Å². The highest BCUT2D eigenvalue weighted by molar-refractivity contribution is 7.88. The Balaban J connectivity index is 1.66. The van der Waals surface area contributed by atoms with Gasteiger partial charge in [-0.3, -0.25) is 9.59 Å². The summed E-state index contributed by atoms with van der Waals surface area (Å²) >= 11 is 0. The van der Waals surface area contributed by atoms with Crippen molar-refractivity contribution in [2.45, 2.75) is 38.0 Å². The number of piperidine rings is 1. The number of nitrogens with one attached hydrogen (secondary N) is 1. The Morgan fingerprint density at radius 1 is 1.23 bits per heavy atom. The van der Waals surface area contributed by atoms with E-state index in [0.29, 0.717) is 52.0 Å². The van der Waals surface area contributed by atoms with Gasteiger partial charge in [-0.05, 0) is 31.7 Å². The second-order valence-corrected chi connectivity index (χ2v) is 9.99. The fourth-order valence-corrected chi connectivity index (χ4v) is 6.03. The van der Waals surface area contributed by atoms with Crippen LogP contribution in [0.2, 0.25) is 0 Å². The molecule has 2 aliphatic rings. The summed E-state index contributed by atoms with van der Waals surface area (Å²) in [6, 6.07) is 8.60. The Labute approximate surface area is 178 Å². The number of rotatable bonds is 8. The van der Waals surface area contributed by atoms with Crippen LogP contribution in [0.4, 0.5) is 0 Å². The summed E-state index contributed by atoms with van der Waals surface area (Å²) in [6.07, 6.45) is 1.32. The van der Waals surface area contributed by atoms with Crippen molar-refractivity contribution < 1.29 is 22.7 Å². The number of ether oxygens (including phenoxy) is 1. The summed E-state index contributed by atoms with van der Waals surface area (Å²) in [4.78, 5) is 27.4. The van der Waals surface area contributed by atoms with Gasteiger partial charge in [0.1, 0.15) is 6.04 Å². The summed E-state index contributed by atoms with van der Waals surface area (Å²) < 4.78 is 32.1. The summed E-state index contributed by atoms with van der Waals surface area (Å²) in [6.45, 7) is 3.74. The average molecular weight is 438 g/mol. The zero-order chi connectivity index (χ0) is 21.8. The molecule has 30 heavy (non-hydrogen) atoms. The van der Waals surface area contributed by atoms with Crippen LogP contribution in [0.3, 0.4) is 0 Å². The maximum Gasteiger partial charge on any atom is 0.242 e. The van der Waals surface area contributed by atoms with Crippen molar-refractivity contribution in [3.8, 4) is 0 Å². The van der Waals surface area contributed by atoms with E-state index in [0.717, 1.165) is 5.56 Å². The van der Waals surface area contributed by atoms with Gasteiger partial charge in [-0.1, -0.05) is 30.3 Å². The van der Waals surface area contributed by atoms with Crippen molar-refractivity contribution in [1.82, 2.24) is 14.5 Å². The smallest absolute Gasteiger partial charge is 0.242 e. The molecule has 2 amide bonds. The fraction of sp³-hybridized carbons (Fsp3) is 0.619. The molecule has 0 saturated carbocycles. The lowest BCUT2D eigenvalue weighted by Crippen LogP contribution is -2.47. The molecule has 1 aromatic rings. The lowest BCUT2D eigenvalue weighted by molar-refractivity contribution is -0.140. The number of hydrogen-bond donors (Lipinski definition) is 1. The molecular formula is C21H31N3O5S. The molecule has 2 aliphatic heterocycles. The number of amides is 2. The Kier molecular flexibility index (Phi) is 7.15. The van der Waals surface area contributed by atoms with Crippen LogP contribution >= 0.6 is 0 Å². The number of hydrogen-bond acceptors (Lipinski definition) is 5. The molecule has 1 N–H and O–H groups in total. The Hall–Kier alpha value is -1.97. The zero-order valence-corrected chi connectivity index (χ0v) is 18.5. The molecule has 2 saturated heterocycles. The van der Waals surface area contributed by atoms with Crippen molar-refractivity contribution in [2.75, 3.05) is 39.9 Å². The highest BCUT2D eigenvalue weighted by Crippen LogP contribution is 2.45. The third kappa shape index (κ3) is 4.68. The quantitative estimate of drug-likeness (QED) is 0.612. The maximum absolute atomic E-state index is 13.2. The van der Waals surface area contributed by atoms with E-state index in [9.17, 15) is 18.0 Å². The van der Waals surface area contributed by atoms with Gasteiger partial charge in [0.2, 0.25) is 21.8 Å². The molecule has 8 nitrogen and oxygen atoms in total. The summed E-state index contributed by atoms with van der Waals surface area (Å²) in [5.74, 6) is -0.240. The van der Waals surface area contributed by atoms with Gasteiger partial charge in [0, 0.05) is 33.3 Å². The van der Waals surface area contributed by atoms with Gasteiger partial charge in [-0.25, -0.2) is 12.7 Å². The van der Waals surface area contributed by atoms with E-state index >= 15 is 0 Å². The first-order chi connectivity index (χ1) is 14.3. The number of carbonyl (C=O) groups is 2. The monoisotopic (exact) mass is 437 g/mol. The third-order valence-corrected chi connectivity index (χ3v) is 8.04. The minimum atomic E-state index is -3.45. The first-order valence-corrected chi connectivity index (χ1v) is 12.0. The van der Waals surface area contributed by atoms with Crippen LogP contribution in [0.1, 0.15) is 31.7 Å². The van der Waals surface area contributed by atoms with Gasteiger partial charge in [0.25, 0.3) is 0 Å². The first-order valence-electron chi connectivity index (χ1n) is 10.4. The molecule has 1 aromatic carbocycles. The first kappa shape index (κ1) is 22.7. The van der Waals surface area contributed by atoms with Crippen molar-refractivity contribution in [2.24, 2.45) is 5.41 Å². The summed E-state index contributed by atoms with van der Waals surface area (Å²) in [5.41, 5.74) is 0.0950. The van der Waals surface area contributed by atoms with Crippen LogP contribution in [-0.2, 0) is 30.1 Å². The Morgan fingerprint density at radius 3 is 2.50 bits per heavy atom. The van der Waals surface area contributed by atoms with Crippen LogP contribution in [0, 0.1) is 5.41 Å². The van der Waals surface area contributed by atoms with E-state index in [1.807, 2.05) is 25.1 Å². The molecule has 2 fully saturated rings. The van der Waals surface area contributed by atoms with Crippen molar-refractivity contribution in [3.63, 3.8) is 0 Å². The minimum absolute atomic E-state index is 0.0306. The molecule has 9 heteroatoms.